The Morgan fingerprint density at radius 1 is 1.07 bits per heavy atom. The minimum absolute atomic E-state index is 0.135. The zero-order valence-corrected chi connectivity index (χ0v) is 16.3. The first-order chi connectivity index (χ1) is 13.6. The summed E-state index contributed by atoms with van der Waals surface area (Å²) >= 11 is 5.85. The molecule has 0 bridgehead atoms. The number of benzene rings is 1. The molecule has 1 aromatic heterocycles. The van der Waals surface area contributed by atoms with Gasteiger partial charge >= 0.3 is 11.8 Å². The molecule has 0 aliphatic carbocycles. The first kappa shape index (κ1) is 20.4. The van der Waals surface area contributed by atoms with Crippen LogP contribution in [0.5, 0.6) is 0 Å². The Kier molecular flexibility index (Phi) is 7.47. The van der Waals surface area contributed by atoms with Gasteiger partial charge in [0.2, 0.25) is 0 Å². The fraction of sp³-hybridized carbons (Fsp3) is 0.400. The number of furan rings is 1. The van der Waals surface area contributed by atoms with Crippen LogP contribution >= 0.6 is 11.6 Å². The summed E-state index contributed by atoms with van der Waals surface area (Å²) < 4.78 is 10.9. The van der Waals surface area contributed by atoms with E-state index in [9.17, 15) is 9.59 Å². The lowest BCUT2D eigenvalue weighted by molar-refractivity contribution is -0.139. The van der Waals surface area contributed by atoms with E-state index >= 15 is 0 Å². The van der Waals surface area contributed by atoms with Gasteiger partial charge in [0.15, 0.2) is 0 Å². The molecular weight excluding hydrogens is 382 g/mol. The third-order valence-electron chi connectivity index (χ3n) is 4.63. The van der Waals surface area contributed by atoms with Gasteiger partial charge < -0.3 is 19.8 Å². The molecule has 1 aliphatic heterocycles. The molecule has 1 fully saturated rings. The van der Waals surface area contributed by atoms with Crippen molar-refractivity contribution in [2.24, 2.45) is 0 Å². The van der Waals surface area contributed by atoms with Crippen LogP contribution in [0.15, 0.2) is 47.1 Å². The van der Waals surface area contributed by atoms with Crippen molar-refractivity contribution < 1.29 is 18.7 Å². The number of ether oxygens (including phenoxy) is 1. The lowest BCUT2D eigenvalue weighted by atomic mass is 10.1. The molecule has 2 heterocycles. The quantitative estimate of drug-likeness (QED) is 0.686. The van der Waals surface area contributed by atoms with E-state index in [0.29, 0.717) is 31.2 Å². The maximum atomic E-state index is 12.2. The fourth-order valence-electron chi connectivity index (χ4n) is 3.10. The van der Waals surface area contributed by atoms with E-state index in [0.717, 1.165) is 24.4 Å². The van der Waals surface area contributed by atoms with Crippen molar-refractivity contribution in [3.05, 3.63) is 59.0 Å². The molecule has 1 saturated heterocycles. The van der Waals surface area contributed by atoms with Crippen LogP contribution in [0.3, 0.4) is 0 Å². The maximum absolute atomic E-state index is 12.2. The van der Waals surface area contributed by atoms with Crippen LogP contribution < -0.4 is 10.6 Å². The van der Waals surface area contributed by atoms with E-state index in [1.165, 1.54) is 0 Å². The number of morpholine rings is 1. The highest BCUT2D eigenvalue weighted by molar-refractivity contribution is 6.35. The summed E-state index contributed by atoms with van der Waals surface area (Å²) in [5.74, 6) is -0.541. The topological polar surface area (TPSA) is 83.8 Å². The van der Waals surface area contributed by atoms with Gasteiger partial charge in [0.25, 0.3) is 0 Å². The zero-order valence-electron chi connectivity index (χ0n) is 15.5. The molecule has 7 nitrogen and oxygen atoms in total. The molecule has 2 amide bonds. The normalized spacial score (nSPS) is 15.8. The summed E-state index contributed by atoms with van der Waals surface area (Å²) in [4.78, 5) is 26.4. The molecule has 150 valence electrons. The predicted octanol–water partition coefficient (Wildman–Crippen LogP) is 1.78. The summed E-state index contributed by atoms with van der Waals surface area (Å²) in [5.41, 5.74) is 1.04. The van der Waals surface area contributed by atoms with Gasteiger partial charge in [-0.15, -0.1) is 0 Å². The van der Waals surface area contributed by atoms with E-state index in [2.05, 4.69) is 15.5 Å². The zero-order chi connectivity index (χ0) is 19.8. The summed E-state index contributed by atoms with van der Waals surface area (Å²) in [6.07, 6.45) is 2.23. The molecule has 28 heavy (non-hydrogen) atoms. The largest absolute Gasteiger partial charge is 0.468 e. The average molecular weight is 406 g/mol. The Labute approximate surface area is 169 Å². The first-order valence-electron chi connectivity index (χ1n) is 9.29. The number of carbonyl (C=O) groups excluding carboxylic acids is 2. The van der Waals surface area contributed by atoms with Crippen LogP contribution in [0.2, 0.25) is 5.02 Å². The number of halogens is 1. The first-order valence-corrected chi connectivity index (χ1v) is 9.67. The second kappa shape index (κ2) is 10.3. The third-order valence-corrected chi connectivity index (χ3v) is 4.88. The molecule has 0 spiro atoms. The Bertz CT molecular complexity index is 758. The molecule has 0 saturated carbocycles. The number of carbonyl (C=O) groups is 2. The van der Waals surface area contributed by atoms with Crippen LogP contribution in [0.4, 0.5) is 0 Å². The monoisotopic (exact) mass is 405 g/mol. The van der Waals surface area contributed by atoms with E-state index in [4.69, 9.17) is 20.8 Å². The Hall–Kier alpha value is -2.35. The highest BCUT2D eigenvalue weighted by Crippen LogP contribution is 2.21. The lowest BCUT2D eigenvalue weighted by Crippen LogP contribution is -2.46. The Balaban J connectivity index is 1.46. The van der Waals surface area contributed by atoms with Crippen LogP contribution in [0.25, 0.3) is 0 Å². The second-order valence-corrected chi connectivity index (χ2v) is 6.96. The lowest BCUT2D eigenvalue weighted by Gasteiger charge is -2.33. The average Bonchev–Trinajstić information content (AvgIpc) is 3.25. The van der Waals surface area contributed by atoms with Crippen molar-refractivity contribution in [1.82, 2.24) is 15.5 Å². The van der Waals surface area contributed by atoms with E-state index < -0.39 is 11.8 Å². The number of hydrogen-bond acceptors (Lipinski definition) is 5. The van der Waals surface area contributed by atoms with E-state index in [1.54, 1.807) is 18.4 Å². The molecular formula is C20H24ClN3O4. The molecule has 1 unspecified atom stereocenters. The number of amides is 2. The van der Waals surface area contributed by atoms with Gasteiger partial charge in [-0.2, -0.15) is 0 Å². The molecule has 1 aliphatic rings. The molecule has 8 heteroatoms. The van der Waals surface area contributed by atoms with Gasteiger partial charge in [-0.1, -0.05) is 23.7 Å². The number of rotatable bonds is 7. The van der Waals surface area contributed by atoms with Crippen molar-refractivity contribution in [1.29, 1.82) is 0 Å². The SMILES string of the molecule is O=C(NCCc1ccc(Cl)cc1)C(=O)NCC(c1ccco1)N1CCOCC1. The van der Waals surface area contributed by atoms with Crippen LogP contribution in [-0.2, 0) is 20.7 Å². The van der Waals surface area contributed by atoms with Gasteiger partial charge in [-0.05, 0) is 36.2 Å². The summed E-state index contributed by atoms with van der Waals surface area (Å²) in [6.45, 7) is 3.42. The summed E-state index contributed by atoms with van der Waals surface area (Å²) in [7, 11) is 0. The molecule has 1 aromatic carbocycles. The number of nitrogens with zero attached hydrogens (tertiary/aromatic N) is 1. The third kappa shape index (κ3) is 5.82. The van der Waals surface area contributed by atoms with Crippen LogP contribution in [0.1, 0.15) is 17.4 Å². The maximum Gasteiger partial charge on any atom is 0.309 e. The minimum Gasteiger partial charge on any atom is -0.468 e. The molecule has 0 radical (unpaired) electrons. The molecule has 2 N–H and O–H groups in total. The highest BCUT2D eigenvalue weighted by atomic mass is 35.5. The van der Waals surface area contributed by atoms with Crippen molar-refractivity contribution in [2.45, 2.75) is 12.5 Å². The predicted molar refractivity (Wildman–Crippen MR) is 105 cm³/mol. The molecule has 2 aromatic rings. The summed E-state index contributed by atoms with van der Waals surface area (Å²) in [5, 5.41) is 6.02. The number of hydrogen-bond donors (Lipinski definition) is 2. The van der Waals surface area contributed by atoms with E-state index in [1.807, 2.05) is 24.3 Å². The fourth-order valence-corrected chi connectivity index (χ4v) is 3.23. The van der Waals surface area contributed by atoms with Crippen molar-refractivity contribution in [3.8, 4) is 0 Å². The minimum atomic E-state index is -0.652. The standard InChI is InChI=1S/C20H24ClN3O4/c21-16-5-3-15(4-6-16)7-8-22-19(25)20(26)23-14-17(18-2-1-11-28-18)24-9-12-27-13-10-24/h1-6,11,17H,7-10,12-14H2,(H,22,25)(H,23,26). The van der Waals surface area contributed by atoms with Gasteiger partial charge in [0.05, 0.1) is 25.5 Å². The highest BCUT2D eigenvalue weighted by Gasteiger charge is 2.26. The number of nitrogens with one attached hydrogen (secondary N) is 2. The van der Waals surface area contributed by atoms with Crippen LogP contribution in [-0.4, -0.2) is 56.1 Å². The smallest absolute Gasteiger partial charge is 0.309 e. The van der Waals surface area contributed by atoms with E-state index in [-0.39, 0.29) is 12.6 Å². The molecule has 3 rings (SSSR count). The van der Waals surface area contributed by atoms with Gasteiger partial charge in [-0.25, -0.2) is 0 Å². The van der Waals surface area contributed by atoms with Gasteiger partial charge in [0, 0.05) is 31.2 Å². The molecule has 1 atom stereocenters. The van der Waals surface area contributed by atoms with Crippen molar-refractivity contribution in [3.63, 3.8) is 0 Å². The Morgan fingerprint density at radius 3 is 2.46 bits per heavy atom. The summed E-state index contributed by atoms with van der Waals surface area (Å²) in [6, 6.07) is 10.9. The second-order valence-electron chi connectivity index (χ2n) is 6.52. The Morgan fingerprint density at radius 2 is 1.79 bits per heavy atom. The van der Waals surface area contributed by atoms with Crippen LogP contribution in [0, 0.1) is 0 Å². The van der Waals surface area contributed by atoms with Gasteiger partial charge in [0.1, 0.15) is 5.76 Å². The van der Waals surface area contributed by atoms with Crippen molar-refractivity contribution in [2.75, 3.05) is 39.4 Å². The van der Waals surface area contributed by atoms with Gasteiger partial charge in [-0.3, -0.25) is 14.5 Å². The van der Waals surface area contributed by atoms with Crippen molar-refractivity contribution >= 4 is 23.4 Å².